The van der Waals surface area contributed by atoms with E-state index in [0.29, 0.717) is 0 Å². The zero-order chi connectivity index (χ0) is 18.0. The molecule has 0 spiro atoms. The fourth-order valence-corrected chi connectivity index (χ4v) is 4.38. The molecule has 0 saturated heterocycles. The van der Waals surface area contributed by atoms with Gasteiger partial charge in [-0.1, -0.05) is 66.7 Å². The Balaban J connectivity index is 1.95. The largest absolute Gasteiger partial charge is 0.455 e. The lowest BCUT2D eigenvalue weighted by molar-refractivity contribution is 0.670. The van der Waals surface area contributed by atoms with Crippen molar-refractivity contribution in [3.8, 4) is 11.1 Å². The first-order chi connectivity index (χ1) is 13.3. The summed E-state index contributed by atoms with van der Waals surface area (Å²) >= 11 is 0. The van der Waals surface area contributed by atoms with E-state index in [4.69, 9.17) is 4.42 Å². The van der Waals surface area contributed by atoms with Gasteiger partial charge in [0.05, 0.1) is 10.9 Å². The van der Waals surface area contributed by atoms with Gasteiger partial charge in [0.25, 0.3) is 0 Å². The summed E-state index contributed by atoms with van der Waals surface area (Å²) in [6.07, 6.45) is 0. The number of hydrogen-bond acceptors (Lipinski definition) is 1. The number of aryl methyl sites for hydroxylation is 1. The van der Waals surface area contributed by atoms with Gasteiger partial charge in [-0.05, 0) is 23.8 Å². The van der Waals surface area contributed by atoms with Crippen LogP contribution in [0.5, 0.6) is 0 Å². The molecule has 4 aromatic carbocycles. The molecular formula is C25H17NO. The summed E-state index contributed by atoms with van der Waals surface area (Å²) in [4.78, 5) is 0. The number of hydrogen-bond donors (Lipinski definition) is 0. The predicted octanol–water partition coefficient (Wildman–Crippen LogP) is 6.90. The summed E-state index contributed by atoms with van der Waals surface area (Å²) in [6.45, 7) is 0. The number of aromatic nitrogens is 1. The van der Waals surface area contributed by atoms with Crippen LogP contribution in [0.25, 0.3) is 54.9 Å². The van der Waals surface area contributed by atoms with Crippen LogP contribution in [0.2, 0.25) is 0 Å². The molecule has 2 nitrogen and oxygen atoms in total. The van der Waals surface area contributed by atoms with Crippen molar-refractivity contribution in [1.82, 2.24) is 4.57 Å². The molecular weight excluding hydrogens is 330 g/mol. The van der Waals surface area contributed by atoms with Gasteiger partial charge in [0.2, 0.25) is 0 Å². The second kappa shape index (κ2) is 5.24. The number of para-hydroxylation sites is 2. The van der Waals surface area contributed by atoms with Crippen molar-refractivity contribution in [3.63, 3.8) is 0 Å². The van der Waals surface area contributed by atoms with Crippen molar-refractivity contribution in [2.75, 3.05) is 0 Å². The average Bonchev–Trinajstić information content (AvgIpc) is 3.24. The zero-order valence-electron chi connectivity index (χ0n) is 14.9. The van der Waals surface area contributed by atoms with Crippen LogP contribution in [-0.2, 0) is 7.05 Å². The summed E-state index contributed by atoms with van der Waals surface area (Å²) < 4.78 is 8.68. The van der Waals surface area contributed by atoms with Crippen LogP contribution in [0.15, 0.2) is 89.3 Å². The van der Waals surface area contributed by atoms with E-state index < -0.39 is 0 Å². The Morgan fingerprint density at radius 1 is 0.704 bits per heavy atom. The molecule has 128 valence electrons. The third kappa shape index (κ3) is 1.90. The highest BCUT2D eigenvalue weighted by atomic mass is 16.3. The number of furan rings is 1. The summed E-state index contributed by atoms with van der Waals surface area (Å²) in [6, 6.07) is 29.7. The number of fused-ring (bicyclic) bond motifs is 7. The van der Waals surface area contributed by atoms with Crippen molar-refractivity contribution in [2.45, 2.75) is 0 Å². The highest BCUT2D eigenvalue weighted by Crippen LogP contribution is 2.43. The summed E-state index contributed by atoms with van der Waals surface area (Å²) in [7, 11) is 2.15. The maximum absolute atomic E-state index is 6.38. The minimum absolute atomic E-state index is 0.933. The molecule has 0 aliphatic heterocycles. The molecule has 0 atom stereocenters. The van der Waals surface area contributed by atoms with Gasteiger partial charge in [-0.25, -0.2) is 0 Å². The molecule has 27 heavy (non-hydrogen) atoms. The lowest BCUT2D eigenvalue weighted by Crippen LogP contribution is -1.88. The van der Waals surface area contributed by atoms with Crippen molar-refractivity contribution < 1.29 is 4.42 Å². The van der Waals surface area contributed by atoms with Crippen LogP contribution in [0.4, 0.5) is 0 Å². The molecule has 0 unspecified atom stereocenters. The standard InChI is InChI=1S/C25H17NO/c1-26-21-13-7-5-11-17(21)20-15-19(16-9-3-2-4-10-16)25-23(24(20)26)18-12-6-8-14-22(18)27-25/h2-15H,1H3. The molecule has 0 bridgehead atoms. The molecule has 0 N–H and O–H groups in total. The van der Waals surface area contributed by atoms with Gasteiger partial charge >= 0.3 is 0 Å². The first-order valence-electron chi connectivity index (χ1n) is 9.20. The highest BCUT2D eigenvalue weighted by Gasteiger charge is 2.20. The van der Waals surface area contributed by atoms with Crippen LogP contribution in [0, 0.1) is 0 Å². The van der Waals surface area contributed by atoms with Crippen molar-refractivity contribution in [1.29, 1.82) is 0 Å². The van der Waals surface area contributed by atoms with E-state index in [9.17, 15) is 0 Å². The smallest absolute Gasteiger partial charge is 0.145 e. The fourth-order valence-electron chi connectivity index (χ4n) is 4.38. The van der Waals surface area contributed by atoms with Crippen LogP contribution in [-0.4, -0.2) is 4.57 Å². The van der Waals surface area contributed by atoms with Gasteiger partial charge in [-0.2, -0.15) is 0 Å². The third-order valence-corrected chi connectivity index (χ3v) is 5.60. The van der Waals surface area contributed by atoms with E-state index in [-0.39, 0.29) is 0 Å². The first kappa shape index (κ1) is 14.6. The van der Waals surface area contributed by atoms with Crippen molar-refractivity contribution in [3.05, 3.63) is 84.9 Å². The summed E-state index contributed by atoms with van der Waals surface area (Å²) in [5.41, 5.74) is 6.69. The predicted molar refractivity (Wildman–Crippen MR) is 113 cm³/mol. The lowest BCUT2D eigenvalue weighted by atomic mass is 9.98. The van der Waals surface area contributed by atoms with Gasteiger partial charge in [-0.3, -0.25) is 0 Å². The third-order valence-electron chi connectivity index (χ3n) is 5.60. The Kier molecular flexibility index (Phi) is 2.84. The Bertz CT molecular complexity index is 1470. The Morgan fingerprint density at radius 2 is 1.41 bits per heavy atom. The van der Waals surface area contributed by atoms with Gasteiger partial charge < -0.3 is 8.98 Å². The normalized spacial score (nSPS) is 11.9. The highest BCUT2D eigenvalue weighted by molar-refractivity contribution is 6.26. The summed E-state index contributed by atoms with van der Waals surface area (Å²) in [5, 5.41) is 4.91. The SMILES string of the molecule is Cn1c2ccccc2c2cc(-c3ccccc3)c3oc4ccccc4c3c21. The molecule has 2 aromatic heterocycles. The first-order valence-corrected chi connectivity index (χ1v) is 9.20. The Labute approximate surface area is 156 Å². The fraction of sp³-hybridized carbons (Fsp3) is 0.0400. The Morgan fingerprint density at radius 3 is 2.26 bits per heavy atom. The van der Waals surface area contributed by atoms with Crippen molar-refractivity contribution >= 4 is 43.7 Å². The van der Waals surface area contributed by atoms with E-state index >= 15 is 0 Å². The maximum atomic E-state index is 6.38. The van der Waals surface area contributed by atoms with Gasteiger partial charge in [0, 0.05) is 34.3 Å². The average molecular weight is 347 g/mol. The molecule has 0 saturated carbocycles. The Hall–Kier alpha value is -3.52. The van der Waals surface area contributed by atoms with E-state index in [1.807, 2.05) is 6.07 Å². The number of nitrogens with zero attached hydrogens (tertiary/aromatic N) is 1. The molecule has 6 aromatic rings. The second-order valence-electron chi connectivity index (χ2n) is 7.06. The van der Waals surface area contributed by atoms with Crippen LogP contribution >= 0.6 is 0 Å². The quantitative estimate of drug-likeness (QED) is 0.316. The van der Waals surface area contributed by atoms with Crippen LogP contribution in [0.1, 0.15) is 0 Å². The zero-order valence-corrected chi connectivity index (χ0v) is 14.9. The van der Waals surface area contributed by atoms with E-state index in [2.05, 4.69) is 90.5 Å². The minimum Gasteiger partial charge on any atom is -0.455 e. The number of rotatable bonds is 1. The molecule has 0 fully saturated rings. The molecule has 0 radical (unpaired) electrons. The van der Waals surface area contributed by atoms with Crippen LogP contribution < -0.4 is 0 Å². The molecule has 0 aliphatic carbocycles. The molecule has 0 aliphatic rings. The molecule has 0 amide bonds. The van der Waals surface area contributed by atoms with E-state index in [1.54, 1.807) is 0 Å². The summed E-state index contributed by atoms with van der Waals surface area (Å²) in [5.74, 6) is 0. The second-order valence-corrected chi connectivity index (χ2v) is 7.06. The van der Waals surface area contributed by atoms with Gasteiger partial charge in [0.15, 0.2) is 0 Å². The van der Waals surface area contributed by atoms with E-state index in [1.165, 1.54) is 38.1 Å². The molecule has 6 rings (SSSR count). The lowest BCUT2D eigenvalue weighted by Gasteiger charge is -2.06. The maximum Gasteiger partial charge on any atom is 0.145 e. The molecule has 2 heterocycles. The van der Waals surface area contributed by atoms with E-state index in [0.717, 1.165) is 16.7 Å². The van der Waals surface area contributed by atoms with Gasteiger partial charge in [0.1, 0.15) is 11.2 Å². The topological polar surface area (TPSA) is 18.1 Å². The van der Waals surface area contributed by atoms with Crippen molar-refractivity contribution in [2.24, 2.45) is 7.05 Å². The monoisotopic (exact) mass is 347 g/mol. The number of benzene rings is 4. The molecule has 2 heteroatoms. The minimum atomic E-state index is 0.933. The van der Waals surface area contributed by atoms with Crippen LogP contribution in [0.3, 0.4) is 0 Å². The van der Waals surface area contributed by atoms with Gasteiger partial charge in [-0.15, -0.1) is 0 Å².